The van der Waals surface area contributed by atoms with E-state index in [9.17, 15) is 18.4 Å². The number of nitrogen functional groups attached to an aromatic ring is 1. The molecule has 4 aromatic rings. The molecular formula is C18H12F3N5O. The van der Waals surface area contributed by atoms with Crippen LogP contribution in [0.2, 0.25) is 0 Å². The molecule has 2 aromatic carbocycles. The van der Waals surface area contributed by atoms with Crippen LogP contribution in [-0.2, 0) is 6.18 Å². The van der Waals surface area contributed by atoms with Crippen LogP contribution in [0.15, 0.2) is 54.9 Å². The van der Waals surface area contributed by atoms with Crippen LogP contribution in [0.3, 0.4) is 0 Å². The molecule has 0 amide bonds. The highest BCUT2D eigenvalue weighted by Crippen LogP contribution is 2.32. The van der Waals surface area contributed by atoms with E-state index in [1.807, 2.05) is 0 Å². The largest absolute Gasteiger partial charge is 0.426 e. The monoisotopic (exact) mass is 371 g/mol. The number of hydrogen-bond donors (Lipinski definition) is 2. The number of imidazole rings is 1. The van der Waals surface area contributed by atoms with E-state index >= 15 is 0 Å². The predicted octanol–water partition coefficient (Wildman–Crippen LogP) is 4.00. The number of hydrogen-bond acceptors (Lipinski definition) is 5. The average Bonchev–Trinajstić information content (AvgIpc) is 2.98. The fourth-order valence-electron chi connectivity index (χ4n) is 2.72. The quantitative estimate of drug-likeness (QED) is 0.520. The number of benzene rings is 2. The van der Waals surface area contributed by atoms with E-state index in [2.05, 4.69) is 15.0 Å². The molecule has 2 heterocycles. The maximum absolute atomic E-state index is 12.7. The van der Waals surface area contributed by atoms with Gasteiger partial charge in [-0.05, 0) is 29.8 Å². The third-order valence-corrected chi connectivity index (χ3v) is 4.11. The minimum Gasteiger partial charge on any atom is -0.426 e. The molecule has 0 atom stereocenters. The van der Waals surface area contributed by atoms with Crippen molar-refractivity contribution in [2.24, 2.45) is 0 Å². The molecule has 0 saturated heterocycles. The molecule has 0 fully saturated rings. The predicted molar refractivity (Wildman–Crippen MR) is 92.8 cm³/mol. The van der Waals surface area contributed by atoms with Crippen LogP contribution in [0.4, 0.5) is 19.1 Å². The molecule has 2 aromatic heterocycles. The van der Waals surface area contributed by atoms with Gasteiger partial charge in [-0.2, -0.15) is 17.9 Å². The van der Waals surface area contributed by atoms with Gasteiger partial charge in [-0.3, -0.25) is 0 Å². The van der Waals surface area contributed by atoms with E-state index < -0.39 is 11.7 Å². The summed E-state index contributed by atoms with van der Waals surface area (Å²) in [7, 11) is 0. The molecule has 0 aliphatic carbocycles. The zero-order chi connectivity index (χ0) is 19.2. The summed E-state index contributed by atoms with van der Waals surface area (Å²) in [5.74, 6) is 0.293. The molecule has 9 heteroatoms. The number of alkyl halides is 3. The van der Waals surface area contributed by atoms with Crippen molar-refractivity contribution in [3.63, 3.8) is 0 Å². The Bertz CT molecular complexity index is 1120. The van der Waals surface area contributed by atoms with Gasteiger partial charge in [0.1, 0.15) is 5.52 Å². The molecule has 0 radical (unpaired) electrons. The Kier molecular flexibility index (Phi) is 3.72. The van der Waals surface area contributed by atoms with Gasteiger partial charge in [0.2, 0.25) is 5.95 Å². The number of aromatic nitrogens is 4. The number of rotatable bonds is 2. The molecule has 4 rings (SSSR count). The lowest BCUT2D eigenvalue weighted by Crippen LogP contribution is -2.04. The minimum absolute atomic E-state index is 0.143. The summed E-state index contributed by atoms with van der Waals surface area (Å²) < 4.78 is 39.0. The van der Waals surface area contributed by atoms with Gasteiger partial charge in [-0.15, -0.1) is 0 Å². The second-order valence-corrected chi connectivity index (χ2v) is 5.86. The Morgan fingerprint density at radius 3 is 2.15 bits per heavy atom. The van der Waals surface area contributed by atoms with E-state index in [1.54, 1.807) is 30.6 Å². The molecule has 6 nitrogen and oxygen atoms in total. The van der Waals surface area contributed by atoms with Crippen molar-refractivity contribution >= 4 is 17.0 Å². The number of nitrogens with zero attached hydrogens (tertiary/aromatic N) is 4. The lowest BCUT2D eigenvalue weighted by Gasteiger charge is -2.07. The van der Waals surface area contributed by atoms with Gasteiger partial charge >= 0.3 is 6.18 Å². The van der Waals surface area contributed by atoms with Crippen molar-refractivity contribution in [1.29, 1.82) is 0 Å². The van der Waals surface area contributed by atoms with E-state index in [0.29, 0.717) is 22.2 Å². The summed E-state index contributed by atoms with van der Waals surface area (Å²) in [6.07, 6.45) is -1.31. The summed E-state index contributed by atoms with van der Waals surface area (Å²) in [6.45, 7) is 0. The van der Waals surface area contributed by atoms with Gasteiger partial charge in [0.05, 0.1) is 11.1 Å². The van der Waals surface area contributed by atoms with Crippen LogP contribution >= 0.6 is 0 Å². The first kappa shape index (κ1) is 16.8. The molecule has 136 valence electrons. The highest BCUT2D eigenvalue weighted by atomic mass is 19.4. The average molecular weight is 371 g/mol. The van der Waals surface area contributed by atoms with Crippen LogP contribution in [0.1, 0.15) is 5.56 Å². The molecule has 0 saturated carbocycles. The van der Waals surface area contributed by atoms with Crippen molar-refractivity contribution in [3.05, 3.63) is 60.4 Å². The van der Waals surface area contributed by atoms with Crippen LogP contribution in [0.5, 0.6) is 0 Å². The summed E-state index contributed by atoms with van der Waals surface area (Å²) >= 11 is 0. The zero-order valence-corrected chi connectivity index (χ0v) is 13.6. The smallest absolute Gasteiger partial charge is 0.416 e. The Morgan fingerprint density at radius 2 is 1.52 bits per heavy atom. The summed E-state index contributed by atoms with van der Waals surface area (Å²) in [6, 6.07) is 9.60. The summed E-state index contributed by atoms with van der Waals surface area (Å²) in [4.78, 5) is 12.2. The zero-order valence-electron chi connectivity index (χ0n) is 13.6. The van der Waals surface area contributed by atoms with E-state index in [0.717, 1.165) is 22.4 Å². The van der Waals surface area contributed by atoms with Crippen molar-refractivity contribution in [2.75, 3.05) is 5.73 Å². The van der Waals surface area contributed by atoms with Gasteiger partial charge in [0.15, 0.2) is 5.82 Å². The fraction of sp³-hybridized carbons (Fsp3) is 0.0556. The van der Waals surface area contributed by atoms with Gasteiger partial charge in [-0.1, -0.05) is 18.2 Å². The number of nitrogens with two attached hydrogens (primary N) is 1. The standard InChI is InChI=1S/C18H12F3N5O/c19-18(20,21)13-4-1-10(2-5-13)16-25-14-6-3-11(7-15(14)26(16)27)12-8-23-17(22)24-9-12/h1-9,27H,(H2,22,23,24). The molecular weight excluding hydrogens is 359 g/mol. The normalized spacial score (nSPS) is 11.8. The second-order valence-electron chi connectivity index (χ2n) is 5.86. The first-order valence-electron chi connectivity index (χ1n) is 7.80. The van der Waals surface area contributed by atoms with Crippen molar-refractivity contribution < 1.29 is 18.4 Å². The summed E-state index contributed by atoms with van der Waals surface area (Å²) in [5, 5.41) is 10.5. The first-order valence-corrected chi connectivity index (χ1v) is 7.80. The van der Waals surface area contributed by atoms with Crippen LogP contribution in [0.25, 0.3) is 33.5 Å². The SMILES string of the molecule is Nc1ncc(-c2ccc3nc(-c4ccc(C(F)(F)F)cc4)n(O)c3c2)cn1. The molecule has 0 aliphatic heterocycles. The lowest BCUT2D eigenvalue weighted by molar-refractivity contribution is -0.137. The molecule has 0 bridgehead atoms. The third-order valence-electron chi connectivity index (χ3n) is 4.11. The summed E-state index contributed by atoms with van der Waals surface area (Å²) in [5.41, 5.74) is 7.40. The van der Waals surface area contributed by atoms with Gasteiger partial charge in [0, 0.05) is 23.5 Å². The molecule has 0 spiro atoms. The molecule has 0 unspecified atom stereocenters. The van der Waals surface area contributed by atoms with Gasteiger partial charge in [-0.25, -0.2) is 15.0 Å². The highest BCUT2D eigenvalue weighted by molar-refractivity contribution is 5.85. The molecule has 0 aliphatic rings. The van der Waals surface area contributed by atoms with Crippen LogP contribution in [-0.4, -0.2) is 24.9 Å². The third kappa shape index (κ3) is 3.03. The Balaban J connectivity index is 1.77. The topological polar surface area (TPSA) is 89.8 Å². The van der Waals surface area contributed by atoms with Crippen molar-refractivity contribution in [2.45, 2.75) is 6.18 Å². The number of halogens is 3. The maximum Gasteiger partial charge on any atom is 0.416 e. The first-order chi connectivity index (χ1) is 12.8. The van der Waals surface area contributed by atoms with E-state index in [4.69, 9.17) is 5.73 Å². The van der Waals surface area contributed by atoms with Crippen LogP contribution < -0.4 is 5.73 Å². The Hall–Kier alpha value is -3.62. The number of fused-ring (bicyclic) bond motifs is 1. The Labute approximate surface area is 150 Å². The van der Waals surface area contributed by atoms with E-state index in [-0.39, 0.29) is 11.8 Å². The van der Waals surface area contributed by atoms with Crippen LogP contribution in [0, 0.1) is 0 Å². The van der Waals surface area contributed by atoms with Crippen molar-refractivity contribution in [1.82, 2.24) is 19.7 Å². The number of anilines is 1. The maximum atomic E-state index is 12.7. The van der Waals surface area contributed by atoms with Gasteiger partial charge < -0.3 is 10.9 Å². The highest BCUT2D eigenvalue weighted by Gasteiger charge is 2.30. The minimum atomic E-state index is -4.42. The fourth-order valence-corrected chi connectivity index (χ4v) is 2.72. The van der Waals surface area contributed by atoms with Gasteiger partial charge in [0.25, 0.3) is 0 Å². The van der Waals surface area contributed by atoms with Crippen molar-refractivity contribution in [3.8, 4) is 22.5 Å². The van der Waals surface area contributed by atoms with E-state index in [1.165, 1.54) is 12.1 Å². The Morgan fingerprint density at radius 1 is 0.889 bits per heavy atom. The lowest BCUT2D eigenvalue weighted by atomic mass is 10.1. The second kappa shape index (κ2) is 5.97. The molecule has 3 N–H and O–H groups in total. The molecule has 27 heavy (non-hydrogen) atoms.